The van der Waals surface area contributed by atoms with Gasteiger partial charge in [-0.05, 0) is 32.4 Å². The summed E-state index contributed by atoms with van der Waals surface area (Å²) in [4.78, 5) is 23.3. The van der Waals surface area contributed by atoms with Gasteiger partial charge in [0, 0.05) is 37.5 Å². The molecule has 1 atom stereocenters. The lowest BCUT2D eigenvalue weighted by Gasteiger charge is -2.36. The van der Waals surface area contributed by atoms with Crippen LogP contribution in [0.4, 0.5) is 0 Å². The average Bonchev–Trinajstić information content (AvgIpc) is 3.28. The summed E-state index contributed by atoms with van der Waals surface area (Å²) >= 11 is 1.56. The molecule has 136 valence electrons. The highest BCUT2D eigenvalue weighted by Gasteiger charge is 2.28. The van der Waals surface area contributed by atoms with E-state index in [9.17, 15) is 4.79 Å². The highest BCUT2D eigenvalue weighted by atomic mass is 32.1. The molecule has 1 aliphatic rings. The molecule has 1 aliphatic heterocycles. The summed E-state index contributed by atoms with van der Waals surface area (Å²) in [7, 11) is 0. The first-order chi connectivity index (χ1) is 12.1. The van der Waals surface area contributed by atoms with Gasteiger partial charge in [-0.3, -0.25) is 9.69 Å². The Hall–Kier alpha value is -1.73. The molecule has 25 heavy (non-hydrogen) atoms. The number of hydrogen-bond acceptors (Lipinski definition) is 6. The van der Waals surface area contributed by atoms with Crippen molar-refractivity contribution in [1.29, 1.82) is 0 Å². The zero-order valence-corrected chi connectivity index (χ0v) is 16.0. The number of amides is 1. The molecule has 7 heteroatoms. The minimum atomic E-state index is 0.0871. The monoisotopic (exact) mass is 362 g/mol. The van der Waals surface area contributed by atoms with Crippen LogP contribution in [0, 0.1) is 6.92 Å². The molecule has 6 nitrogen and oxygen atoms in total. The maximum absolute atomic E-state index is 12.5. The van der Waals surface area contributed by atoms with Crippen LogP contribution in [0.25, 0.3) is 0 Å². The van der Waals surface area contributed by atoms with Crippen molar-refractivity contribution in [1.82, 2.24) is 19.9 Å². The Morgan fingerprint density at radius 2 is 2.08 bits per heavy atom. The summed E-state index contributed by atoms with van der Waals surface area (Å²) in [6.07, 6.45) is 3.07. The number of nitrogens with zero attached hydrogens (tertiary/aromatic N) is 4. The molecule has 0 aliphatic carbocycles. The Labute approximate surface area is 152 Å². The lowest BCUT2D eigenvalue weighted by Crippen LogP contribution is -2.49. The molecule has 1 fully saturated rings. The summed E-state index contributed by atoms with van der Waals surface area (Å²) in [6.45, 7) is 9.39. The summed E-state index contributed by atoms with van der Waals surface area (Å²) < 4.78 is 5.44. The molecular formula is C18H26N4O2S. The highest BCUT2D eigenvalue weighted by molar-refractivity contribution is 7.13. The first kappa shape index (κ1) is 18.1. The predicted molar refractivity (Wildman–Crippen MR) is 97.9 cm³/mol. The number of rotatable bonds is 6. The zero-order chi connectivity index (χ0) is 17.8. The van der Waals surface area contributed by atoms with E-state index in [0.717, 1.165) is 56.1 Å². The van der Waals surface area contributed by atoms with Crippen LogP contribution < -0.4 is 0 Å². The minimum absolute atomic E-state index is 0.0871. The normalized spacial score (nSPS) is 17.0. The van der Waals surface area contributed by atoms with Crippen molar-refractivity contribution in [3.05, 3.63) is 33.6 Å². The van der Waals surface area contributed by atoms with E-state index in [1.165, 1.54) is 4.88 Å². The van der Waals surface area contributed by atoms with Crippen LogP contribution in [0.1, 0.15) is 59.0 Å². The van der Waals surface area contributed by atoms with Crippen molar-refractivity contribution in [2.45, 2.75) is 46.1 Å². The van der Waals surface area contributed by atoms with E-state index < -0.39 is 0 Å². The molecule has 3 rings (SSSR count). The fourth-order valence-corrected chi connectivity index (χ4v) is 3.88. The minimum Gasteiger partial charge on any atom is -0.338 e. The van der Waals surface area contributed by atoms with Crippen LogP contribution in [0.5, 0.6) is 0 Å². The number of piperazine rings is 1. The van der Waals surface area contributed by atoms with E-state index in [0.29, 0.717) is 5.89 Å². The molecule has 1 amide bonds. The number of aryl methyl sites for hydroxylation is 2. The van der Waals surface area contributed by atoms with Gasteiger partial charge in [0.1, 0.15) is 0 Å². The van der Waals surface area contributed by atoms with Gasteiger partial charge in [-0.25, -0.2) is 0 Å². The Morgan fingerprint density at radius 3 is 2.72 bits per heavy atom. The van der Waals surface area contributed by atoms with Crippen molar-refractivity contribution in [2.75, 3.05) is 26.2 Å². The lowest BCUT2D eigenvalue weighted by atomic mass is 10.2. The third-order valence-electron chi connectivity index (χ3n) is 4.70. The maximum Gasteiger partial charge on any atom is 0.264 e. The SMILES string of the molecule is CCCCc1noc(C(C)N2CCN(C(=O)c3ccc(C)s3)CC2)n1. The van der Waals surface area contributed by atoms with Crippen LogP contribution in [0.3, 0.4) is 0 Å². The van der Waals surface area contributed by atoms with Gasteiger partial charge in [-0.1, -0.05) is 18.5 Å². The van der Waals surface area contributed by atoms with Gasteiger partial charge in [0.15, 0.2) is 5.82 Å². The molecule has 0 radical (unpaired) electrons. The Morgan fingerprint density at radius 1 is 1.32 bits per heavy atom. The topological polar surface area (TPSA) is 62.5 Å². The second-order valence-corrected chi connectivity index (χ2v) is 7.85. The van der Waals surface area contributed by atoms with E-state index in [-0.39, 0.29) is 11.9 Å². The Balaban J connectivity index is 1.54. The number of carbonyl (C=O) groups is 1. The molecule has 0 spiro atoms. The van der Waals surface area contributed by atoms with Gasteiger partial charge in [0.25, 0.3) is 5.91 Å². The molecule has 0 aromatic carbocycles. The number of hydrogen-bond donors (Lipinski definition) is 0. The van der Waals surface area contributed by atoms with Crippen molar-refractivity contribution < 1.29 is 9.32 Å². The molecule has 1 saturated heterocycles. The molecular weight excluding hydrogens is 336 g/mol. The largest absolute Gasteiger partial charge is 0.338 e. The second kappa shape index (κ2) is 8.10. The average molecular weight is 362 g/mol. The Kier molecular flexibility index (Phi) is 5.86. The van der Waals surface area contributed by atoms with E-state index in [2.05, 4.69) is 28.9 Å². The number of aromatic nitrogens is 2. The zero-order valence-electron chi connectivity index (χ0n) is 15.2. The lowest BCUT2D eigenvalue weighted by molar-refractivity contribution is 0.0556. The van der Waals surface area contributed by atoms with Crippen molar-refractivity contribution >= 4 is 17.2 Å². The van der Waals surface area contributed by atoms with Crippen molar-refractivity contribution in [3.63, 3.8) is 0 Å². The predicted octanol–water partition coefficient (Wildman–Crippen LogP) is 3.30. The molecule has 0 bridgehead atoms. The van der Waals surface area contributed by atoms with E-state index in [1.807, 2.05) is 24.0 Å². The van der Waals surface area contributed by atoms with Crippen molar-refractivity contribution in [3.8, 4) is 0 Å². The molecule has 0 saturated carbocycles. The number of carbonyl (C=O) groups excluding carboxylic acids is 1. The first-order valence-electron chi connectivity index (χ1n) is 9.00. The number of unbranched alkanes of at least 4 members (excludes halogenated alkanes) is 1. The van der Waals surface area contributed by atoms with Crippen molar-refractivity contribution in [2.24, 2.45) is 0 Å². The first-order valence-corrected chi connectivity index (χ1v) is 9.82. The summed E-state index contributed by atoms with van der Waals surface area (Å²) in [5.74, 6) is 1.62. The molecule has 2 aromatic heterocycles. The van der Waals surface area contributed by atoms with Gasteiger partial charge in [-0.2, -0.15) is 4.98 Å². The summed E-state index contributed by atoms with van der Waals surface area (Å²) in [6, 6.07) is 4.01. The second-order valence-electron chi connectivity index (χ2n) is 6.57. The van der Waals surface area contributed by atoms with Gasteiger partial charge < -0.3 is 9.42 Å². The standard InChI is InChI=1S/C18H26N4O2S/c1-4-5-6-16-19-17(24-20-16)14(3)21-9-11-22(12-10-21)18(23)15-8-7-13(2)25-15/h7-8,14H,4-6,9-12H2,1-3H3. The van der Waals surface area contributed by atoms with Crippen LogP contribution in [-0.2, 0) is 6.42 Å². The van der Waals surface area contributed by atoms with E-state index >= 15 is 0 Å². The van der Waals surface area contributed by atoms with Crippen LogP contribution in [0.15, 0.2) is 16.7 Å². The van der Waals surface area contributed by atoms with Gasteiger partial charge in [0.05, 0.1) is 10.9 Å². The quantitative estimate of drug-likeness (QED) is 0.789. The fraction of sp³-hybridized carbons (Fsp3) is 0.611. The third kappa shape index (κ3) is 4.27. The summed E-state index contributed by atoms with van der Waals surface area (Å²) in [5.41, 5.74) is 0. The fourth-order valence-electron chi connectivity index (χ4n) is 3.05. The molecule has 1 unspecified atom stereocenters. The third-order valence-corrected chi connectivity index (χ3v) is 5.68. The highest BCUT2D eigenvalue weighted by Crippen LogP contribution is 2.22. The summed E-state index contributed by atoms with van der Waals surface area (Å²) in [5, 5.41) is 4.08. The maximum atomic E-state index is 12.5. The molecule has 0 N–H and O–H groups in total. The van der Waals surface area contributed by atoms with Crippen LogP contribution >= 0.6 is 11.3 Å². The van der Waals surface area contributed by atoms with Gasteiger partial charge in [-0.15, -0.1) is 11.3 Å². The Bertz CT molecular complexity index is 704. The smallest absolute Gasteiger partial charge is 0.264 e. The molecule has 2 aromatic rings. The van der Waals surface area contributed by atoms with E-state index in [4.69, 9.17) is 4.52 Å². The van der Waals surface area contributed by atoms with Crippen LogP contribution in [-0.4, -0.2) is 52.0 Å². The van der Waals surface area contributed by atoms with E-state index in [1.54, 1.807) is 11.3 Å². The molecule has 3 heterocycles. The van der Waals surface area contributed by atoms with Gasteiger partial charge in [0.2, 0.25) is 5.89 Å². The van der Waals surface area contributed by atoms with Gasteiger partial charge >= 0.3 is 0 Å². The number of thiophene rings is 1. The van der Waals surface area contributed by atoms with Crippen LogP contribution in [0.2, 0.25) is 0 Å².